The molecule has 0 spiro atoms. The zero-order valence-corrected chi connectivity index (χ0v) is 13.4. The van der Waals surface area contributed by atoms with Gasteiger partial charge in [0.05, 0.1) is 17.7 Å². The van der Waals surface area contributed by atoms with Crippen LogP contribution in [-0.2, 0) is 6.54 Å². The second-order valence-corrected chi connectivity index (χ2v) is 5.67. The molecule has 2 heterocycles. The molecule has 6 heteroatoms. The van der Waals surface area contributed by atoms with Crippen LogP contribution in [0.15, 0.2) is 23.0 Å². The maximum Gasteiger partial charge on any atom is 0.254 e. The van der Waals surface area contributed by atoms with E-state index in [1.165, 1.54) is 11.3 Å². The first-order valence-electron chi connectivity index (χ1n) is 6.95. The maximum atomic E-state index is 12.5. The standard InChI is InChI=1S/C15H20N4OS/c1-4-5-16-14-7-12(6-11(2)18-14)15(20)19(3)8-13-9-21-10-17-13/h6-7,9-10H,4-5,8H2,1-3H3,(H,16,18). The molecule has 2 aromatic rings. The fourth-order valence-electron chi connectivity index (χ4n) is 1.99. The van der Waals surface area contributed by atoms with E-state index in [0.29, 0.717) is 12.1 Å². The Morgan fingerprint density at radius 3 is 2.90 bits per heavy atom. The van der Waals surface area contributed by atoms with Gasteiger partial charge in [-0.05, 0) is 25.5 Å². The van der Waals surface area contributed by atoms with Crippen molar-refractivity contribution in [2.75, 3.05) is 18.9 Å². The van der Waals surface area contributed by atoms with Crippen LogP contribution in [0.3, 0.4) is 0 Å². The fraction of sp³-hybridized carbons (Fsp3) is 0.400. The molecule has 1 N–H and O–H groups in total. The van der Waals surface area contributed by atoms with Crippen LogP contribution in [0.25, 0.3) is 0 Å². The second kappa shape index (κ2) is 7.17. The van der Waals surface area contributed by atoms with Gasteiger partial charge in [-0.3, -0.25) is 4.79 Å². The van der Waals surface area contributed by atoms with E-state index in [2.05, 4.69) is 22.2 Å². The Labute approximate surface area is 129 Å². The topological polar surface area (TPSA) is 58.1 Å². The zero-order valence-electron chi connectivity index (χ0n) is 12.6. The number of aromatic nitrogens is 2. The molecule has 1 amide bonds. The van der Waals surface area contributed by atoms with E-state index in [1.807, 2.05) is 24.4 Å². The highest BCUT2D eigenvalue weighted by Crippen LogP contribution is 2.14. The van der Waals surface area contributed by atoms with E-state index in [4.69, 9.17) is 0 Å². The first-order chi connectivity index (χ1) is 10.1. The van der Waals surface area contributed by atoms with Crippen molar-refractivity contribution in [2.24, 2.45) is 0 Å². The van der Waals surface area contributed by atoms with Crippen molar-refractivity contribution in [3.05, 3.63) is 40.0 Å². The molecule has 21 heavy (non-hydrogen) atoms. The molecular formula is C15H20N4OS. The number of hydrogen-bond donors (Lipinski definition) is 1. The normalized spacial score (nSPS) is 10.4. The summed E-state index contributed by atoms with van der Waals surface area (Å²) in [6.07, 6.45) is 1.02. The van der Waals surface area contributed by atoms with Gasteiger partial charge in [0.25, 0.3) is 5.91 Å². The summed E-state index contributed by atoms with van der Waals surface area (Å²) in [6.45, 7) is 5.35. The van der Waals surface area contributed by atoms with Gasteiger partial charge in [-0.2, -0.15) is 0 Å². The van der Waals surface area contributed by atoms with Gasteiger partial charge >= 0.3 is 0 Å². The summed E-state index contributed by atoms with van der Waals surface area (Å²) in [6, 6.07) is 3.62. The largest absolute Gasteiger partial charge is 0.370 e. The Hall–Kier alpha value is -1.95. The molecule has 0 saturated carbocycles. The Bertz CT molecular complexity index is 598. The summed E-state index contributed by atoms with van der Waals surface area (Å²) in [7, 11) is 1.79. The minimum absolute atomic E-state index is 0.0203. The summed E-state index contributed by atoms with van der Waals surface area (Å²) >= 11 is 1.53. The summed E-state index contributed by atoms with van der Waals surface area (Å²) in [5.41, 5.74) is 4.17. The van der Waals surface area contributed by atoms with Crippen LogP contribution in [0.4, 0.5) is 5.82 Å². The molecule has 2 rings (SSSR count). The number of carbonyl (C=O) groups is 1. The van der Waals surface area contributed by atoms with Crippen LogP contribution >= 0.6 is 11.3 Å². The third-order valence-corrected chi connectivity index (χ3v) is 3.62. The van der Waals surface area contributed by atoms with Gasteiger partial charge in [-0.1, -0.05) is 6.92 Å². The SMILES string of the molecule is CCCNc1cc(C(=O)N(C)Cc2cscn2)cc(C)n1. The van der Waals surface area contributed by atoms with Gasteiger partial charge in [0.1, 0.15) is 5.82 Å². The van der Waals surface area contributed by atoms with E-state index >= 15 is 0 Å². The van der Waals surface area contributed by atoms with Crippen LogP contribution in [0.5, 0.6) is 0 Å². The lowest BCUT2D eigenvalue weighted by Crippen LogP contribution is -2.26. The molecule has 0 aliphatic carbocycles. The molecular weight excluding hydrogens is 284 g/mol. The predicted octanol–water partition coefficient (Wildman–Crippen LogP) is 2.94. The molecule has 0 unspecified atom stereocenters. The molecule has 0 atom stereocenters. The number of thiazole rings is 1. The average molecular weight is 304 g/mol. The number of amides is 1. The number of aryl methyl sites for hydroxylation is 1. The van der Waals surface area contributed by atoms with Crippen LogP contribution in [0.1, 0.15) is 35.1 Å². The van der Waals surface area contributed by atoms with Crippen molar-refractivity contribution in [3.63, 3.8) is 0 Å². The Balaban J connectivity index is 2.12. The fourth-order valence-corrected chi connectivity index (χ4v) is 2.54. The molecule has 0 saturated heterocycles. The maximum absolute atomic E-state index is 12.5. The van der Waals surface area contributed by atoms with Crippen LogP contribution in [0.2, 0.25) is 0 Å². The van der Waals surface area contributed by atoms with Crippen molar-refractivity contribution in [1.29, 1.82) is 0 Å². The molecule has 0 radical (unpaired) electrons. The summed E-state index contributed by atoms with van der Waals surface area (Å²) in [4.78, 5) is 22.8. The number of nitrogens with zero attached hydrogens (tertiary/aromatic N) is 3. The summed E-state index contributed by atoms with van der Waals surface area (Å²) in [5.74, 6) is 0.732. The van der Waals surface area contributed by atoms with Crippen LogP contribution < -0.4 is 5.32 Å². The molecule has 2 aromatic heterocycles. The van der Waals surface area contributed by atoms with Crippen molar-refractivity contribution in [2.45, 2.75) is 26.8 Å². The monoisotopic (exact) mass is 304 g/mol. The van der Waals surface area contributed by atoms with Gasteiger partial charge in [0.15, 0.2) is 0 Å². The van der Waals surface area contributed by atoms with Crippen molar-refractivity contribution in [3.8, 4) is 0 Å². The minimum atomic E-state index is -0.0203. The number of carbonyl (C=O) groups excluding carboxylic acids is 1. The number of anilines is 1. The molecule has 0 aliphatic rings. The van der Waals surface area contributed by atoms with Crippen molar-refractivity contribution < 1.29 is 4.79 Å². The highest BCUT2D eigenvalue weighted by atomic mass is 32.1. The van der Waals surface area contributed by atoms with Crippen molar-refractivity contribution in [1.82, 2.24) is 14.9 Å². The Morgan fingerprint density at radius 2 is 2.24 bits per heavy atom. The number of pyridine rings is 1. The summed E-state index contributed by atoms with van der Waals surface area (Å²) in [5, 5.41) is 5.18. The lowest BCUT2D eigenvalue weighted by atomic mass is 10.2. The van der Waals surface area contributed by atoms with E-state index in [9.17, 15) is 4.79 Å². The average Bonchev–Trinajstić information content (AvgIpc) is 2.96. The van der Waals surface area contributed by atoms with Gasteiger partial charge in [0.2, 0.25) is 0 Å². The van der Waals surface area contributed by atoms with E-state index in [0.717, 1.165) is 30.2 Å². The van der Waals surface area contributed by atoms with E-state index in [-0.39, 0.29) is 5.91 Å². The lowest BCUT2D eigenvalue weighted by Gasteiger charge is -2.17. The second-order valence-electron chi connectivity index (χ2n) is 4.95. The van der Waals surface area contributed by atoms with Gasteiger partial charge in [-0.15, -0.1) is 11.3 Å². The highest BCUT2D eigenvalue weighted by Gasteiger charge is 2.14. The zero-order chi connectivity index (χ0) is 15.2. The third kappa shape index (κ3) is 4.26. The molecule has 112 valence electrons. The molecule has 0 aliphatic heterocycles. The predicted molar refractivity (Wildman–Crippen MR) is 85.7 cm³/mol. The smallest absolute Gasteiger partial charge is 0.254 e. The quantitative estimate of drug-likeness (QED) is 0.891. The Morgan fingerprint density at radius 1 is 1.43 bits per heavy atom. The first kappa shape index (κ1) is 15.4. The molecule has 5 nitrogen and oxygen atoms in total. The van der Waals surface area contributed by atoms with Crippen LogP contribution in [-0.4, -0.2) is 34.4 Å². The van der Waals surface area contributed by atoms with E-state index < -0.39 is 0 Å². The van der Waals surface area contributed by atoms with Crippen molar-refractivity contribution >= 4 is 23.1 Å². The number of rotatable bonds is 6. The first-order valence-corrected chi connectivity index (χ1v) is 7.89. The Kier molecular flexibility index (Phi) is 5.27. The van der Waals surface area contributed by atoms with Crippen LogP contribution in [0, 0.1) is 6.92 Å². The third-order valence-electron chi connectivity index (χ3n) is 2.99. The number of hydrogen-bond acceptors (Lipinski definition) is 5. The number of nitrogens with one attached hydrogen (secondary N) is 1. The summed E-state index contributed by atoms with van der Waals surface area (Å²) < 4.78 is 0. The highest BCUT2D eigenvalue weighted by molar-refractivity contribution is 7.07. The van der Waals surface area contributed by atoms with Gasteiger partial charge in [0, 0.05) is 30.2 Å². The van der Waals surface area contributed by atoms with Gasteiger partial charge in [-0.25, -0.2) is 9.97 Å². The molecule has 0 bridgehead atoms. The lowest BCUT2D eigenvalue weighted by molar-refractivity contribution is 0.0783. The molecule has 0 aromatic carbocycles. The minimum Gasteiger partial charge on any atom is -0.370 e. The molecule has 0 fully saturated rings. The van der Waals surface area contributed by atoms with Gasteiger partial charge < -0.3 is 10.2 Å². The van der Waals surface area contributed by atoms with E-state index in [1.54, 1.807) is 17.5 Å².